The molecule has 100 valence electrons. The maximum Gasteiger partial charge on any atom is 0.128 e. The molecule has 0 atom stereocenters. The summed E-state index contributed by atoms with van der Waals surface area (Å²) in [6.07, 6.45) is 2.02. The highest BCUT2D eigenvalue weighted by Crippen LogP contribution is 2.32. The zero-order valence-electron chi connectivity index (χ0n) is 11.2. The Hall–Kier alpha value is -1.81. The van der Waals surface area contributed by atoms with Crippen LogP contribution in [0.15, 0.2) is 24.3 Å². The Bertz CT molecular complexity index is 562. The molecule has 1 aliphatic rings. The van der Waals surface area contributed by atoms with E-state index in [0.29, 0.717) is 0 Å². The molecule has 1 aliphatic heterocycles. The molecule has 2 heterocycles. The number of nitrogens with one attached hydrogen (secondary N) is 2. The van der Waals surface area contributed by atoms with Crippen molar-refractivity contribution in [3.05, 3.63) is 35.5 Å². The monoisotopic (exact) mass is 257 g/mol. The standard InChI is InChI=1S/C15H19N3O/c1-2-9-19-14-6-4-3-5-11(14)15-12-10-16-8-7-13(12)17-18-15/h3-6,16H,2,7-10H2,1H3,(H,17,18). The molecule has 0 amide bonds. The highest BCUT2D eigenvalue weighted by atomic mass is 16.5. The third kappa shape index (κ3) is 2.36. The van der Waals surface area contributed by atoms with E-state index in [1.54, 1.807) is 0 Å². The number of aromatic amines is 1. The van der Waals surface area contributed by atoms with Crippen LogP contribution in [0.4, 0.5) is 0 Å². The van der Waals surface area contributed by atoms with Crippen LogP contribution in [0.2, 0.25) is 0 Å². The summed E-state index contributed by atoms with van der Waals surface area (Å²) in [5.41, 5.74) is 4.63. The Morgan fingerprint density at radius 2 is 2.21 bits per heavy atom. The van der Waals surface area contributed by atoms with Crippen molar-refractivity contribution in [2.24, 2.45) is 0 Å². The van der Waals surface area contributed by atoms with Crippen LogP contribution >= 0.6 is 0 Å². The second-order valence-corrected chi connectivity index (χ2v) is 4.80. The minimum Gasteiger partial charge on any atom is -0.493 e. The van der Waals surface area contributed by atoms with Crippen molar-refractivity contribution in [1.82, 2.24) is 15.5 Å². The molecule has 0 saturated heterocycles. The van der Waals surface area contributed by atoms with Gasteiger partial charge in [-0.05, 0) is 18.6 Å². The number of H-pyrrole nitrogens is 1. The van der Waals surface area contributed by atoms with Crippen molar-refractivity contribution in [1.29, 1.82) is 0 Å². The Morgan fingerprint density at radius 1 is 1.32 bits per heavy atom. The second-order valence-electron chi connectivity index (χ2n) is 4.80. The highest BCUT2D eigenvalue weighted by Gasteiger charge is 2.19. The Kier molecular flexibility index (Phi) is 3.51. The van der Waals surface area contributed by atoms with E-state index >= 15 is 0 Å². The van der Waals surface area contributed by atoms with E-state index in [-0.39, 0.29) is 0 Å². The molecule has 4 heteroatoms. The molecule has 4 nitrogen and oxygen atoms in total. The van der Waals surface area contributed by atoms with Gasteiger partial charge in [0.25, 0.3) is 0 Å². The van der Waals surface area contributed by atoms with Crippen molar-refractivity contribution in [3.63, 3.8) is 0 Å². The van der Waals surface area contributed by atoms with Gasteiger partial charge in [-0.3, -0.25) is 5.10 Å². The van der Waals surface area contributed by atoms with Gasteiger partial charge in [-0.25, -0.2) is 0 Å². The van der Waals surface area contributed by atoms with Crippen LogP contribution in [0.1, 0.15) is 24.6 Å². The van der Waals surface area contributed by atoms with Gasteiger partial charge in [-0.15, -0.1) is 0 Å². The molecule has 0 saturated carbocycles. The second kappa shape index (κ2) is 5.45. The van der Waals surface area contributed by atoms with Crippen molar-refractivity contribution >= 4 is 0 Å². The van der Waals surface area contributed by atoms with E-state index < -0.39 is 0 Å². The van der Waals surface area contributed by atoms with E-state index in [0.717, 1.165) is 49.5 Å². The van der Waals surface area contributed by atoms with Crippen LogP contribution in [0.25, 0.3) is 11.3 Å². The van der Waals surface area contributed by atoms with Crippen LogP contribution in [-0.2, 0) is 13.0 Å². The van der Waals surface area contributed by atoms with Crippen molar-refractivity contribution in [2.75, 3.05) is 13.2 Å². The topological polar surface area (TPSA) is 49.9 Å². The lowest BCUT2D eigenvalue weighted by Gasteiger charge is -2.14. The van der Waals surface area contributed by atoms with Crippen molar-refractivity contribution in [3.8, 4) is 17.0 Å². The summed E-state index contributed by atoms with van der Waals surface area (Å²) in [5.74, 6) is 0.921. The molecule has 0 aliphatic carbocycles. The van der Waals surface area contributed by atoms with Crippen molar-refractivity contribution in [2.45, 2.75) is 26.3 Å². The maximum absolute atomic E-state index is 5.83. The fourth-order valence-electron chi connectivity index (χ4n) is 2.45. The average molecular weight is 257 g/mol. The lowest BCUT2D eigenvalue weighted by Crippen LogP contribution is -2.23. The van der Waals surface area contributed by atoms with E-state index in [1.807, 2.05) is 18.2 Å². The van der Waals surface area contributed by atoms with Crippen molar-refractivity contribution < 1.29 is 4.74 Å². The molecule has 3 rings (SSSR count). The first-order valence-corrected chi connectivity index (χ1v) is 6.89. The summed E-state index contributed by atoms with van der Waals surface area (Å²) >= 11 is 0. The predicted octanol–water partition coefficient (Wildman–Crippen LogP) is 2.51. The first kappa shape index (κ1) is 12.2. The van der Waals surface area contributed by atoms with Crippen LogP contribution < -0.4 is 10.1 Å². The summed E-state index contributed by atoms with van der Waals surface area (Å²) in [7, 11) is 0. The predicted molar refractivity (Wildman–Crippen MR) is 75.2 cm³/mol. The average Bonchev–Trinajstić information content (AvgIpc) is 2.89. The zero-order valence-corrected chi connectivity index (χ0v) is 11.2. The van der Waals surface area contributed by atoms with E-state index in [4.69, 9.17) is 4.74 Å². The third-order valence-electron chi connectivity index (χ3n) is 3.41. The Labute approximate surface area is 113 Å². The lowest BCUT2D eigenvalue weighted by atomic mass is 10.0. The zero-order chi connectivity index (χ0) is 13.1. The van der Waals surface area contributed by atoms with E-state index in [1.165, 1.54) is 11.3 Å². The van der Waals surface area contributed by atoms with Gasteiger partial charge in [-0.2, -0.15) is 5.10 Å². The Balaban J connectivity index is 1.99. The van der Waals surface area contributed by atoms with Gasteiger partial charge in [0.2, 0.25) is 0 Å². The molecule has 1 aromatic heterocycles. The maximum atomic E-state index is 5.83. The van der Waals surface area contributed by atoms with Crippen LogP contribution in [-0.4, -0.2) is 23.3 Å². The highest BCUT2D eigenvalue weighted by molar-refractivity contribution is 5.70. The Morgan fingerprint density at radius 3 is 3.11 bits per heavy atom. The molecule has 0 unspecified atom stereocenters. The summed E-state index contributed by atoms with van der Waals surface area (Å²) in [6.45, 7) is 4.75. The van der Waals surface area contributed by atoms with Crippen LogP contribution in [0.3, 0.4) is 0 Å². The quantitative estimate of drug-likeness (QED) is 0.885. The van der Waals surface area contributed by atoms with Gasteiger partial charge in [0.15, 0.2) is 0 Å². The van der Waals surface area contributed by atoms with E-state index in [2.05, 4.69) is 28.5 Å². The molecular formula is C15H19N3O. The minimum atomic E-state index is 0.738. The number of ether oxygens (including phenoxy) is 1. The molecule has 0 bridgehead atoms. The largest absolute Gasteiger partial charge is 0.493 e. The smallest absolute Gasteiger partial charge is 0.128 e. The summed E-state index contributed by atoms with van der Waals surface area (Å²) in [4.78, 5) is 0. The molecule has 1 aromatic carbocycles. The first-order valence-electron chi connectivity index (χ1n) is 6.89. The first-order chi connectivity index (χ1) is 9.40. The number of hydrogen-bond donors (Lipinski definition) is 2. The van der Waals surface area contributed by atoms with Gasteiger partial charge in [0, 0.05) is 36.3 Å². The molecule has 2 N–H and O–H groups in total. The van der Waals surface area contributed by atoms with Gasteiger partial charge in [0.1, 0.15) is 11.4 Å². The molecular weight excluding hydrogens is 238 g/mol. The number of hydrogen-bond acceptors (Lipinski definition) is 3. The number of nitrogens with zero attached hydrogens (tertiary/aromatic N) is 1. The number of rotatable bonds is 4. The number of aromatic nitrogens is 2. The number of para-hydroxylation sites is 1. The molecule has 0 radical (unpaired) electrons. The molecule has 0 spiro atoms. The summed E-state index contributed by atoms with van der Waals surface area (Å²) < 4.78 is 5.83. The third-order valence-corrected chi connectivity index (χ3v) is 3.41. The number of fused-ring (bicyclic) bond motifs is 1. The fourth-order valence-corrected chi connectivity index (χ4v) is 2.45. The lowest BCUT2D eigenvalue weighted by molar-refractivity contribution is 0.318. The van der Waals surface area contributed by atoms with Gasteiger partial charge in [0.05, 0.1) is 6.61 Å². The number of benzene rings is 1. The van der Waals surface area contributed by atoms with Crippen LogP contribution in [0, 0.1) is 0 Å². The molecule has 2 aromatic rings. The van der Waals surface area contributed by atoms with E-state index in [9.17, 15) is 0 Å². The molecule has 0 fully saturated rings. The van der Waals surface area contributed by atoms with Gasteiger partial charge in [-0.1, -0.05) is 19.1 Å². The van der Waals surface area contributed by atoms with Gasteiger partial charge >= 0.3 is 0 Å². The SMILES string of the molecule is CCCOc1ccccc1-c1n[nH]c2c1CNCC2. The fraction of sp³-hybridized carbons (Fsp3) is 0.400. The van der Waals surface area contributed by atoms with Crippen LogP contribution in [0.5, 0.6) is 5.75 Å². The normalized spacial score (nSPS) is 14.2. The minimum absolute atomic E-state index is 0.738. The van der Waals surface area contributed by atoms with Gasteiger partial charge < -0.3 is 10.1 Å². The summed E-state index contributed by atoms with van der Waals surface area (Å²) in [5, 5.41) is 11.1. The summed E-state index contributed by atoms with van der Waals surface area (Å²) in [6, 6.07) is 8.13. The molecule has 19 heavy (non-hydrogen) atoms.